The van der Waals surface area contributed by atoms with Gasteiger partial charge in [-0.3, -0.25) is 4.79 Å². The van der Waals surface area contributed by atoms with E-state index in [9.17, 15) is 4.79 Å². The van der Waals surface area contributed by atoms with Gasteiger partial charge in [-0.1, -0.05) is 19.1 Å². The van der Waals surface area contributed by atoms with Gasteiger partial charge in [0.2, 0.25) is 0 Å². The van der Waals surface area contributed by atoms with Crippen molar-refractivity contribution in [1.29, 1.82) is 0 Å². The third kappa shape index (κ3) is 3.84. The van der Waals surface area contributed by atoms with Crippen molar-refractivity contribution >= 4 is 17.4 Å². The normalized spacial score (nSPS) is 14.6. The largest absolute Gasteiger partial charge is 0.378 e. The van der Waals surface area contributed by atoms with E-state index in [-0.39, 0.29) is 5.91 Å². The van der Waals surface area contributed by atoms with Gasteiger partial charge >= 0.3 is 0 Å². The molecule has 1 aliphatic heterocycles. The van der Waals surface area contributed by atoms with E-state index in [1.54, 1.807) is 11.1 Å². The Morgan fingerprint density at radius 2 is 1.91 bits per heavy atom. The second-order valence-corrected chi connectivity index (χ2v) is 5.37. The lowest BCUT2D eigenvalue weighted by Crippen LogP contribution is -2.41. The van der Waals surface area contributed by atoms with Crippen LogP contribution < -0.4 is 5.32 Å². The molecule has 1 N–H and O–H groups in total. The highest BCUT2D eigenvalue weighted by Gasteiger charge is 2.19. The number of amides is 1. The maximum absolute atomic E-state index is 12.3. The van der Waals surface area contributed by atoms with Crippen LogP contribution in [0.25, 0.3) is 0 Å². The first-order chi connectivity index (χ1) is 11.3. The molecule has 1 fully saturated rings. The Bertz CT molecular complexity index is 649. The molecule has 0 bridgehead atoms. The van der Waals surface area contributed by atoms with Crippen LogP contribution in [0.15, 0.2) is 36.7 Å². The second-order valence-electron chi connectivity index (χ2n) is 5.37. The maximum atomic E-state index is 12.3. The summed E-state index contributed by atoms with van der Waals surface area (Å²) in [7, 11) is 0. The van der Waals surface area contributed by atoms with Crippen LogP contribution >= 0.6 is 0 Å². The van der Waals surface area contributed by atoms with Crippen molar-refractivity contribution in [2.24, 2.45) is 0 Å². The molecule has 0 aliphatic carbocycles. The van der Waals surface area contributed by atoms with Crippen LogP contribution in [0.4, 0.5) is 11.5 Å². The van der Waals surface area contributed by atoms with Crippen molar-refractivity contribution in [2.75, 3.05) is 31.6 Å². The molecule has 1 aromatic heterocycles. The van der Waals surface area contributed by atoms with Crippen molar-refractivity contribution in [1.82, 2.24) is 14.9 Å². The van der Waals surface area contributed by atoms with Gasteiger partial charge < -0.3 is 15.0 Å². The van der Waals surface area contributed by atoms with Gasteiger partial charge in [-0.25, -0.2) is 9.97 Å². The van der Waals surface area contributed by atoms with Crippen molar-refractivity contribution in [3.8, 4) is 0 Å². The number of rotatable bonds is 4. The summed E-state index contributed by atoms with van der Waals surface area (Å²) < 4.78 is 5.25. The maximum Gasteiger partial charge on any atom is 0.274 e. The molecule has 1 saturated heterocycles. The number of carbonyl (C=O) groups excluding carboxylic acids is 1. The van der Waals surface area contributed by atoms with E-state index in [2.05, 4.69) is 34.3 Å². The lowest BCUT2D eigenvalue weighted by molar-refractivity contribution is 0.0298. The topological polar surface area (TPSA) is 67.4 Å². The fraction of sp³-hybridized carbons (Fsp3) is 0.353. The lowest BCUT2D eigenvalue weighted by Gasteiger charge is -2.26. The Hall–Kier alpha value is -2.47. The van der Waals surface area contributed by atoms with Crippen LogP contribution in [0.3, 0.4) is 0 Å². The first-order valence-corrected chi connectivity index (χ1v) is 7.81. The van der Waals surface area contributed by atoms with Gasteiger partial charge in [-0.05, 0) is 24.1 Å². The molecule has 6 heteroatoms. The summed E-state index contributed by atoms with van der Waals surface area (Å²) in [5, 5.41) is 3.18. The van der Waals surface area contributed by atoms with Gasteiger partial charge in [0.05, 0.1) is 25.6 Å². The minimum Gasteiger partial charge on any atom is -0.378 e. The quantitative estimate of drug-likeness (QED) is 0.938. The SMILES string of the molecule is CCc1ccc(Nc2cnc(C(=O)N3CCOCC3)cn2)cc1. The number of morpholine rings is 1. The molecule has 2 heterocycles. The summed E-state index contributed by atoms with van der Waals surface area (Å²) in [6.07, 6.45) is 4.11. The van der Waals surface area contributed by atoms with E-state index in [0.29, 0.717) is 37.8 Å². The molecule has 6 nitrogen and oxygen atoms in total. The zero-order valence-corrected chi connectivity index (χ0v) is 13.2. The molecule has 0 radical (unpaired) electrons. The summed E-state index contributed by atoms with van der Waals surface area (Å²) in [6, 6.07) is 8.17. The molecule has 0 unspecified atom stereocenters. The number of aryl methyl sites for hydroxylation is 1. The Morgan fingerprint density at radius 1 is 1.17 bits per heavy atom. The van der Waals surface area contributed by atoms with E-state index in [4.69, 9.17) is 4.74 Å². The van der Waals surface area contributed by atoms with Crippen molar-refractivity contribution in [3.63, 3.8) is 0 Å². The van der Waals surface area contributed by atoms with Crippen molar-refractivity contribution in [2.45, 2.75) is 13.3 Å². The Morgan fingerprint density at radius 3 is 2.52 bits per heavy atom. The van der Waals surface area contributed by atoms with E-state index in [1.165, 1.54) is 11.8 Å². The van der Waals surface area contributed by atoms with Gasteiger partial charge in [-0.15, -0.1) is 0 Å². The molecular formula is C17H20N4O2. The first kappa shape index (κ1) is 15.4. The highest BCUT2D eigenvalue weighted by molar-refractivity contribution is 5.92. The zero-order chi connectivity index (χ0) is 16.1. The molecule has 1 aliphatic rings. The standard InChI is InChI=1S/C17H20N4O2/c1-2-13-3-5-14(6-4-13)20-16-12-18-15(11-19-16)17(22)21-7-9-23-10-8-21/h3-6,11-12H,2,7-10H2,1H3,(H,19,20). The third-order valence-electron chi connectivity index (χ3n) is 3.80. The van der Waals surface area contributed by atoms with Crippen molar-refractivity contribution in [3.05, 3.63) is 47.9 Å². The summed E-state index contributed by atoms with van der Waals surface area (Å²) in [5.74, 6) is 0.521. The second kappa shape index (κ2) is 7.19. The summed E-state index contributed by atoms with van der Waals surface area (Å²) in [6.45, 7) is 4.48. The van der Waals surface area contributed by atoms with Crippen LogP contribution in [0.2, 0.25) is 0 Å². The number of ether oxygens (including phenoxy) is 1. The van der Waals surface area contributed by atoms with Gasteiger partial charge in [0, 0.05) is 18.8 Å². The number of benzene rings is 1. The van der Waals surface area contributed by atoms with Crippen LogP contribution in [-0.4, -0.2) is 47.1 Å². The molecule has 120 valence electrons. The van der Waals surface area contributed by atoms with Crippen LogP contribution in [0.5, 0.6) is 0 Å². The van der Waals surface area contributed by atoms with Crippen LogP contribution in [-0.2, 0) is 11.2 Å². The zero-order valence-electron chi connectivity index (χ0n) is 13.2. The summed E-state index contributed by atoms with van der Waals surface area (Å²) in [4.78, 5) is 22.5. The monoisotopic (exact) mass is 312 g/mol. The number of hydrogen-bond donors (Lipinski definition) is 1. The van der Waals surface area contributed by atoms with Crippen molar-refractivity contribution < 1.29 is 9.53 Å². The Kier molecular flexibility index (Phi) is 4.83. The van der Waals surface area contributed by atoms with Crippen LogP contribution in [0.1, 0.15) is 23.0 Å². The number of hydrogen-bond acceptors (Lipinski definition) is 5. The van der Waals surface area contributed by atoms with E-state index in [1.807, 2.05) is 12.1 Å². The molecule has 0 spiro atoms. The third-order valence-corrected chi connectivity index (χ3v) is 3.80. The highest BCUT2D eigenvalue weighted by Crippen LogP contribution is 2.15. The van der Waals surface area contributed by atoms with Gasteiger partial charge in [0.15, 0.2) is 0 Å². The Labute approximate surface area is 135 Å². The molecule has 1 amide bonds. The molecular weight excluding hydrogens is 292 g/mol. The fourth-order valence-corrected chi connectivity index (χ4v) is 2.40. The van der Waals surface area contributed by atoms with E-state index < -0.39 is 0 Å². The highest BCUT2D eigenvalue weighted by atomic mass is 16.5. The number of carbonyl (C=O) groups is 1. The molecule has 23 heavy (non-hydrogen) atoms. The molecule has 1 aromatic carbocycles. The molecule has 2 aromatic rings. The van der Waals surface area contributed by atoms with E-state index >= 15 is 0 Å². The molecule has 3 rings (SSSR count). The number of nitrogens with one attached hydrogen (secondary N) is 1. The van der Waals surface area contributed by atoms with E-state index in [0.717, 1.165) is 12.1 Å². The van der Waals surface area contributed by atoms with Gasteiger partial charge in [-0.2, -0.15) is 0 Å². The fourth-order valence-electron chi connectivity index (χ4n) is 2.40. The molecule has 0 saturated carbocycles. The smallest absolute Gasteiger partial charge is 0.274 e. The minimum absolute atomic E-state index is 0.0975. The Balaban J connectivity index is 1.65. The predicted molar refractivity (Wildman–Crippen MR) is 87.9 cm³/mol. The summed E-state index contributed by atoms with van der Waals surface area (Å²) >= 11 is 0. The average molecular weight is 312 g/mol. The predicted octanol–water partition coefficient (Wildman–Crippen LogP) is 2.25. The number of anilines is 2. The minimum atomic E-state index is -0.0975. The van der Waals surface area contributed by atoms with Gasteiger partial charge in [0.1, 0.15) is 11.5 Å². The summed E-state index contributed by atoms with van der Waals surface area (Å²) in [5.41, 5.74) is 2.59. The number of aromatic nitrogens is 2. The first-order valence-electron chi connectivity index (χ1n) is 7.81. The lowest BCUT2D eigenvalue weighted by atomic mass is 10.1. The van der Waals surface area contributed by atoms with Crippen LogP contribution in [0, 0.1) is 0 Å². The molecule has 0 atom stereocenters. The average Bonchev–Trinajstić information content (AvgIpc) is 2.63. The van der Waals surface area contributed by atoms with Gasteiger partial charge in [0.25, 0.3) is 5.91 Å². The number of nitrogens with zero attached hydrogens (tertiary/aromatic N) is 3.